The van der Waals surface area contributed by atoms with Crippen LogP contribution in [0.5, 0.6) is 0 Å². The van der Waals surface area contributed by atoms with Crippen molar-refractivity contribution in [1.82, 2.24) is 20.2 Å². The SMILES string of the molecule is CN(CC(N)=O)C(=O)N[C@H](Cc1cnc[nH]1)C(=O)O. The highest BCUT2D eigenvalue weighted by Crippen LogP contribution is 1.99. The van der Waals surface area contributed by atoms with Crippen molar-refractivity contribution in [2.45, 2.75) is 12.5 Å². The van der Waals surface area contributed by atoms with Crippen molar-refractivity contribution >= 4 is 17.9 Å². The lowest BCUT2D eigenvalue weighted by Gasteiger charge is -2.19. The third-order valence-electron chi connectivity index (χ3n) is 2.31. The minimum Gasteiger partial charge on any atom is -0.480 e. The lowest BCUT2D eigenvalue weighted by molar-refractivity contribution is -0.139. The number of nitrogens with one attached hydrogen (secondary N) is 2. The van der Waals surface area contributed by atoms with E-state index in [1.54, 1.807) is 0 Å². The van der Waals surface area contributed by atoms with Crippen molar-refractivity contribution in [2.24, 2.45) is 5.73 Å². The van der Waals surface area contributed by atoms with Crippen LogP contribution in [-0.4, -0.2) is 57.5 Å². The molecule has 1 atom stereocenters. The van der Waals surface area contributed by atoms with Gasteiger partial charge in [-0.15, -0.1) is 0 Å². The number of aromatic nitrogens is 2. The Hall–Kier alpha value is -2.58. The van der Waals surface area contributed by atoms with E-state index in [1.807, 2.05) is 0 Å². The number of nitrogens with two attached hydrogens (primary N) is 1. The summed E-state index contributed by atoms with van der Waals surface area (Å²) in [5.41, 5.74) is 5.52. The van der Waals surface area contributed by atoms with E-state index in [0.29, 0.717) is 5.69 Å². The third-order valence-corrected chi connectivity index (χ3v) is 2.31. The Bertz CT molecular complexity index is 458. The molecule has 0 radical (unpaired) electrons. The number of aliphatic carboxylic acids is 1. The van der Waals surface area contributed by atoms with E-state index in [-0.39, 0.29) is 13.0 Å². The Morgan fingerprint density at radius 1 is 1.58 bits per heavy atom. The molecular formula is C10H15N5O4. The highest BCUT2D eigenvalue weighted by Gasteiger charge is 2.23. The van der Waals surface area contributed by atoms with E-state index in [0.717, 1.165) is 4.90 Å². The molecule has 104 valence electrons. The summed E-state index contributed by atoms with van der Waals surface area (Å²) in [7, 11) is 1.34. The monoisotopic (exact) mass is 269 g/mol. The van der Waals surface area contributed by atoms with Crippen LogP contribution in [0.25, 0.3) is 0 Å². The molecule has 1 heterocycles. The molecule has 0 aliphatic carbocycles. The summed E-state index contributed by atoms with van der Waals surface area (Å²) in [5, 5.41) is 11.3. The summed E-state index contributed by atoms with van der Waals surface area (Å²) in [6.07, 6.45) is 2.94. The first-order valence-electron chi connectivity index (χ1n) is 5.40. The number of carbonyl (C=O) groups excluding carboxylic acids is 2. The molecular weight excluding hydrogens is 254 g/mol. The van der Waals surface area contributed by atoms with Crippen LogP contribution in [0.1, 0.15) is 5.69 Å². The number of H-pyrrole nitrogens is 1. The second-order valence-electron chi connectivity index (χ2n) is 3.94. The van der Waals surface area contributed by atoms with Crippen molar-refractivity contribution in [3.05, 3.63) is 18.2 Å². The van der Waals surface area contributed by atoms with Gasteiger partial charge in [-0.1, -0.05) is 0 Å². The summed E-state index contributed by atoms with van der Waals surface area (Å²) in [6, 6.07) is -1.81. The first-order valence-corrected chi connectivity index (χ1v) is 5.40. The molecule has 0 aromatic carbocycles. The van der Waals surface area contributed by atoms with E-state index in [9.17, 15) is 14.4 Å². The van der Waals surface area contributed by atoms with Gasteiger partial charge in [-0.05, 0) is 0 Å². The highest BCUT2D eigenvalue weighted by atomic mass is 16.4. The number of nitrogens with zero attached hydrogens (tertiary/aromatic N) is 2. The molecule has 0 saturated carbocycles. The summed E-state index contributed by atoms with van der Waals surface area (Å²) >= 11 is 0. The topological polar surface area (TPSA) is 141 Å². The van der Waals surface area contributed by atoms with Gasteiger partial charge in [-0.25, -0.2) is 14.6 Å². The van der Waals surface area contributed by atoms with Gasteiger partial charge in [0, 0.05) is 25.4 Å². The lowest BCUT2D eigenvalue weighted by Crippen LogP contribution is -2.49. The number of amides is 3. The molecule has 3 amide bonds. The smallest absolute Gasteiger partial charge is 0.326 e. The predicted octanol–water partition coefficient (Wildman–Crippen LogP) is -1.47. The summed E-state index contributed by atoms with van der Waals surface area (Å²) in [4.78, 5) is 40.9. The minimum atomic E-state index is -1.18. The van der Waals surface area contributed by atoms with Gasteiger partial charge >= 0.3 is 12.0 Å². The normalized spacial score (nSPS) is 11.6. The van der Waals surface area contributed by atoms with E-state index in [4.69, 9.17) is 10.8 Å². The number of hydrogen-bond donors (Lipinski definition) is 4. The van der Waals surface area contributed by atoms with Crippen LogP contribution in [0, 0.1) is 0 Å². The first kappa shape index (κ1) is 14.5. The van der Waals surface area contributed by atoms with Gasteiger partial charge in [-0.2, -0.15) is 0 Å². The average molecular weight is 269 g/mol. The van der Waals surface area contributed by atoms with Crippen molar-refractivity contribution < 1.29 is 19.5 Å². The van der Waals surface area contributed by atoms with Crippen LogP contribution in [0.15, 0.2) is 12.5 Å². The number of likely N-dealkylation sites (N-methyl/N-ethyl adjacent to an activating group) is 1. The van der Waals surface area contributed by atoms with Crippen molar-refractivity contribution in [3.63, 3.8) is 0 Å². The molecule has 9 heteroatoms. The molecule has 0 bridgehead atoms. The second-order valence-corrected chi connectivity index (χ2v) is 3.94. The van der Waals surface area contributed by atoms with E-state index in [2.05, 4.69) is 15.3 Å². The van der Waals surface area contributed by atoms with Crippen molar-refractivity contribution in [2.75, 3.05) is 13.6 Å². The number of rotatable bonds is 6. The molecule has 19 heavy (non-hydrogen) atoms. The molecule has 1 rings (SSSR count). The molecule has 0 spiro atoms. The summed E-state index contributed by atoms with van der Waals surface area (Å²) in [5.74, 6) is -1.87. The summed E-state index contributed by atoms with van der Waals surface area (Å²) in [6.45, 7) is -0.289. The van der Waals surface area contributed by atoms with Crippen LogP contribution < -0.4 is 11.1 Å². The molecule has 9 nitrogen and oxygen atoms in total. The van der Waals surface area contributed by atoms with Crippen LogP contribution in [0.3, 0.4) is 0 Å². The van der Waals surface area contributed by atoms with E-state index in [1.165, 1.54) is 19.6 Å². The fourth-order valence-electron chi connectivity index (χ4n) is 1.38. The molecule has 0 fully saturated rings. The number of carboxylic acids is 1. The van der Waals surface area contributed by atoms with E-state index >= 15 is 0 Å². The molecule has 1 aromatic heterocycles. The standard InChI is InChI=1S/C10H15N5O4/c1-15(4-8(11)16)10(19)14-7(9(17)18)2-6-3-12-5-13-6/h3,5,7H,2,4H2,1H3,(H2,11,16)(H,12,13)(H,14,19)(H,17,18)/t7-/m1/s1. The number of imidazole rings is 1. The van der Waals surface area contributed by atoms with Crippen molar-refractivity contribution in [3.8, 4) is 0 Å². The molecule has 0 aliphatic rings. The van der Waals surface area contributed by atoms with Gasteiger partial charge in [0.1, 0.15) is 12.6 Å². The zero-order valence-electron chi connectivity index (χ0n) is 10.3. The molecule has 0 saturated heterocycles. The molecule has 0 unspecified atom stereocenters. The second kappa shape index (κ2) is 6.38. The first-order chi connectivity index (χ1) is 8.90. The minimum absolute atomic E-state index is 0.0610. The number of carbonyl (C=O) groups is 3. The quantitative estimate of drug-likeness (QED) is 0.499. The Morgan fingerprint density at radius 2 is 2.26 bits per heavy atom. The maximum absolute atomic E-state index is 11.6. The van der Waals surface area contributed by atoms with Gasteiger partial charge in [0.25, 0.3) is 0 Å². The Morgan fingerprint density at radius 3 is 2.74 bits per heavy atom. The van der Waals surface area contributed by atoms with Crippen LogP contribution in [0.4, 0.5) is 4.79 Å². The van der Waals surface area contributed by atoms with Crippen LogP contribution >= 0.6 is 0 Å². The molecule has 1 aromatic rings. The van der Waals surface area contributed by atoms with Crippen LogP contribution in [0.2, 0.25) is 0 Å². The zero-order valence-corrected chi connectivity index (χ0v) is 10.3. The van der Waals surface area contributed by atoms with Crippen LogP contribution in [-0.2, 0) is 16.0 Å². The highest BCUT2D eigenvalue weighted by molar-refractivity contribution is 5.86. The number of carboxylic acid groups (broad SMARTS) is 1. The summed E-state index contributed by atoms with van der Waals surface area (Å²) < 4.78 is 0. The number of urea groups is 1. The molecule has 5 N–H and O–H groups in total. The maximum Gasteiger partial charge on any atom is 0.326 e. The third kappa shape index (κ3) is 4.66. The Kier molecular flexibility index (Phi) is 4.86. The van der Waals surface area contributed by atoms with Gasteiger partial charge in [-0.3, -0.25) is 4.79 Å². The Balaban J connectivity index is 2.61. The van der Waals surface area contributed by atoms with Gasteiger partial charge in [0.15, 0.2) is 0 Å². The predicted molar refractivity (Wildman–Crippen MR) is 64.1 cm³/mol. The number of primary amides is 1. The average Bonchev–Trinajstić information content (AvgIpc) is 2.79. The molecule has 0 aliphatic heterocycles. The fraction of sp³-hybridized carbons (Fsp3) is 0.400. The number of hydrogen-bond acceptors (Lipinski definition) is 4. The van der Waals surface area contributed by atoms with Crippen molar-refractivity contribution in [1.29, 1.82) is 0 Å². The largest absolute Gasteiger partial charge is 0.480 e. The van der Waals surface area contributed by atoms with Gasteiger partial charge in [0.05, 0.1) is 6.33 Å². The Labute approximate surface area is 108 Å². The maximum atomic E-state index is 11.6. The van der Waals surface area contributed by atoms with Gasteiger partial charge < -0.3 is 26.0 Å². The number of aromatic amines is 1. The zero-order chi connectivity index (χ0) is 14.4. The van der Waals surface area contributed by atoms with E-state index < -0.39 is 23.9 Å². The fourth-order valence-corrected chi connectivity index (χ4v) is 1.38. The van der Waals surface area contributed by atoms with Gasteiger partial charge in [0.2, 0.25) is 5.91 Å². The lowest BCUT2D eigenvalue weighted by atomic mass is 10.1.